The summed E-state index contributed by atoms with van der Waals surface area (Å²) in [6.45, 7) is 15.0. The van der Waals surface area contributed by atoms with Gasteiger partial charge in [0.05, 0.1) is 4.92 Å². The molecule has 0 amide bonds. The van der Waals surface area contributed by atoms with Gasteiger partial charge < -0.3 is 5.11 Å². The van der Waals surface area contributed by atoms with Crippen LogP contribution in [0.25, 0.3) is 0 Å². The second-order valence-corrected chi connectivity index (χ2v) is 7.40. The predicted octanol–water partition coefficient (Wildman–Crippen LogP) is 3.71. The highest BCUT2D eigenvalue weighted by Crippen LogP contribution is 2.48. The Kier molecular flexibility index (Phi) is 4.03. The molecule has 1 aliphatic rings. The Morgan fingerprint density at radius 3 is 1.75 bits per heavy atom. The molecule has 0 aromatic rings. The van der Waals surface area contributed by atoms with Crippen molar-refractivity contribution < 1.29 is 10.0 Å². The van der Waals surface area contributed by atoms with E-state index in [-0.39, 0.29) is 5.92 Å². The van der Waals surface area contributed by atoms with Gasteiger partial charge in [0, 0.05) is 17.1 Å². The van der Waals surface area contributed by atoms with Crippen LogP contribution >= 0.6 is 0 Å². The predicted molar refractivity (Wildman–Crippen MR) is 80.7 cm³/mol. The van der Waals surface area contributed by atoms with Crippen molar-refractivity contribution in [2.45, 2.75) is 47.3 Å². The zero-order valence-corrected chi connectivity index (χ0v) is 13.2. The standard InChI is InChI=1S/C16H25NO3/c1-8-11-9-12(14(2,3)4)16(18,17(19)20)13(10-11)15(5,6)7/h8-11,18H,1H2,2-7H3. The molecule has 0 aromatic carbocycles. The fourth-order valence-corrected chi connectivity index (χ4v) is 2.69. The number of hydrogen-bond donors (Lipinski definition) is 1. The second kappa shape index (κ2) is 4.85. The topological polar surface area (TPSA) is 63.4 Å². The number of aliphatic hydroxyl groups is 1. The first-order valence-corrected chi connectivity index (χ1v) is 6.80. The fraction of sp³-hybridized carbons (Fsp3) is 0.625. The molecule has 4 heteroatoms. The molecule has 0 radical (unpaired) electrons. The maximum absolute atomic E-state index is 11.6. The molecule has 0 unspecified atom stereocenters. The summed E-state index contributed by atoms with van der Waals surface area (Å²) in [5.41, 5.74) is -2.31. The molecular weight excluding hydrogens is 254 g/mol. The molecule has 1 aliphatic carbocycles. The van der Waals surface area contributed by atoms with E-state index in [1.165, 1.54) is 0 Å². The summed E-state index contributed by atoms with van der Waals surface area (Å²) in [6, 6.07) is 0. The number of allylic oxidation sites excluding steroid dienone is 3. The van der Waals surface area contributed by atoms with Gasteiger partial charge in [0.15, 0.2) is 0 Å². The van der Waals surface area contributed by atoms with E-state index in [0.29, 0.717) is 11.1 Å². The smallest absolute Gasteiger partial charge is 0.323 e. The van der Waals surface area contributed by atoms with E-state index in [2.05, 4.69) is 6.58 Å². The van der Waals surface area contributed by atoms with E-state index >= 15 is 0 Å². The van der Waals surface area contributed by atoms with Crippen molar-refractivity contribution in [3.63, 3.8) is 0 Å². The monoisotopic (exact) mass is 279 g/mol. The SMILES string of the molecule is C=CC1C=C(C(C)(C)C)C(O)([N+](=O)[O-])C(C(C)(C)C)=C1. The van der Waals surface area contributed by atoms with Gasteiger partial charge in [0.1, 0.15) is 0 Å². The highest BCUT2D eigenvalue weighted by Gasteiger charge is 2.56. The molecule has 112 valence electrons. The lowest BCUT2D eigenvalue weighted by molar-refractivity contribution is -0.602. The van der Waals surface area contributed by atoms with E-state index in [0.717, 1.165) is 0 Å². The quantitative estimate of drug-likeness (QED) is 0.363. The highest BCUT2D eigenvalue weighted by atomic mass is 16.7. The van der Waals surface area contributed by atoms with Gasteiger partial charge in [0.25, 0.3) is 0 Å². The van der Waals surface area contributed by atoms with E-state index in [1.54, 1.807) is 18.2 Å². The van der Waals surface area contributed by atoms with E-state index < -0.39 is 21.5 Å². The lowest BCUT2D eigenvalue weighted by Crippen LogP contribution is -2.51. The third kappa shape index (κ3) is 2.70. The molecular formula is C16H25NO3. The maximum atomic E-state index is 11.6. The van der Waals surface area contributed by atoms with Crippen molar-refractivity contribution in [3.8, 4) is 0 Å². The second-order valence-electron chi connectivity index (χ2n) is 7.40. The lowest BCUT2D eigenvalue weighted by atomic mass is 9.66. The molecule has 1 N–H and O–H groups in total. The first-order valence-electron chi connectivity index (χ1n) is 6.80. The van der Waals surface area contributed by atoms with Gasteiger partial charge in [0.2, 0.25) is 0 Å². The van der Waals surface area contributed by atoms with Gasteiger partial charge >= 0.3 is 5.72 Å². The first-order chi connectivity index (χ1) is 8.85. The molecule has 0 atom stereocenters. The summed E-state index contributed by atoms with van der Waals surface area (Å²) in [6.07, 6.45) is 5.24. The molecule has 0 bridgehead atoms. The number of nitro groups is 1. The van der Waals surface area contributed by atoms with Crippen molar-refractivity contribution in [1.82, 2.24) is 0 Å². The van der Waals surface area contributed by atoms with Crippen LogP contribution in [-0.2, 0) is 0 Å². The van der Waals surface area contributed by atoms with Crippen molar-refractivity contribution in [2.24, 2.45) is 16.7 Å². The molecule has 0 heterocycles. The summed E-state index contributed by atoms with van der Waals surface area (Å²) in [4.78, 5) is 11.1. The zero-order chi connectivity index (χ0) is 15.9. The number of nitrogens with zero attached hydrogens (tertiary/aromatic N) is 1. The van der Waals surface area contributed by atoms with Crippen molar-refractivity contribution >= 4 is 0 Å². The first kappa shape index (κ1) is 16.6. The molecule has 0 fully saturated rings. The lowest BCUT2D eigenvalue weighted by Gasteiger charge is -2.40. The Bertz CT molecular complexity index is 455. The van der Waals surface area contributed by atoms with Gasteiger partial charge in [-0.1, -0.05) is 59.8 Å². The van der Waals surface area contributed by atoms with Crippen LogP contribution in [0.1, 0.15) is 41.5 Å². The largest absolute Gasteiger partial charge is 0.368 e. The molecule has 0 saturated carbocycles. The maximum Gasteiger partial charge on any atom is 0.368 e. The molecule has 0 saturated heterocycles. The van der Waals surface area contributed by atoms with Crippen LogP contribution in [0.15, 0.2) is 36.0 Å². The zero-order valence-electron chi connectivity index (χ0n) is 13.2. The van der Waals surface area contributed by atoms with Crippen LogP contribution in [0, 0.1) is 26.9 Å². The summed E-state index contributed by atoms with van der Waals surface area (Å²) in [5, 5.41) is 22.5. The third-order valence-corrected chi connectivity index (χ3v) is 3.62. The summed E-state index contributed by atoms with van der Waals surface area (Å²) in [5.74, 6) is -0.0984. The van der Waals surface area contributed by atoms with E-state index in [9.17, 15) is 15.2 Å². The van der Waals surface area contributed by atoms with Gasteiger partial charge in [-0.2, -0.15) is 0 Å². The summed E-state index contributed by atoms with van der Waals surface area (Å²) < 4.78 is 0. The Hall–Kier alpha value is -1.42. The van der Waals surface area contributed by atoms with Crippen LogP contribution in [0.3, 0.4) is 0 Å². The van der Waals surface area contributed by atoms with Gasteiger partial charge in [-0.05, 0) is 10.8 Å². The van der Waals surface area contributed by atoms with Crippen LogP contribution in [0.4, 0.5) is 0 Å². The number of rotatable bonds is 2. The normalized spacial score (nSPS) is 27.6. The van der Waals surface area contributed by atoms with Gasteiger partial charge in [-0.3, -0.25) is 10.1 Å². The van der Waals surface area contributed by atoms with Crippen LogP contribution < -0.4 is 0 Å². The Balaban J connectivity index is 3.63. The molecule has 20 heavy (non-hydrogen) atoms. The molecule has 4 nitrogen and oxygen atoms in total. The minimum atomic E-state index is -2.14. The Morgan fingerprint density at radius 2 is 1.55 bits per heavy atom. The van der Waals surface area contributed by atoms with Crippen molar-refractivity contribution in [3.05, 3.63) is 46.1 Å². The minimum absolute atomic E-state index is 0.0984. The van der Waals surface area contributed by atoms with Crippen LogP contribution in [0.5, 0.6) is 0 Å². The minimum Gasteiger partial charge on any atom is -0.323 e. The van der Waals surface area contributed by atoms with E-state index in [4.69, 9.17) is 0 Å². The molecule has 1 rings (SSSR count). The summed E-state index contributed by atoms with van der Waals surface area (Å²) in [7, 11) is 0. The van der Waals surface area contributed by atoms with Crippen LogP contribution in [-0.4, -0.2) is 15.8 Å². The summed E-state index contributed by atoms with van der Waals surface area (Å²) >= 11 is 0. The molecule has 0 aromatic heterocycles. The van der Waals surface area contributed by atoms with Gasteiger partial charge in [-0.15, -0.1) is 6.58 Å². The fourth-order valence-electron chi connectivity index (χ4n) is 2.69. The third-order valence-electron chi connectivity index (χ3n) is 3.62. The highest BCUT2D eigenvalue weighted by molar-refractivity contribution is 5.41. The molecule has 0 spiro atoms. The number of hydrogen-bond acceptors (Lipinski definition) is 3. The Labute approximate surface area is 121 Å². The average molecular weight is 279 g/mol. The van der Waals surface area contributed by atoms with Crippen LogP contribution in [0.2, 0.25) is 0 Å². The van der Waals surface area contributed by atoms with Crippen molar-refractivity contribution in [2.75, 3.05) is 0 Å². The van der Waals surface area contributed by atoms with Crippen molar-refractivity contribution in [1.29, 1.82) is 0 Å². The van der Waals surface area contributed by atoms with E-state index in [1.807, 2.05) is 41.5 Å². The average Bonchev–Trinajstić information content (AvgIpc) is 2.25. The van der Waals surface area contributed by atoms with Gasteiger partial charge in [-0.25, -0.2) is 0 Å². The molecule has 0 aliphatic heterocycles. The Morgan fingerprint density at radius 1 is 1.20 bits per heavy atom.